The average Bonchev–Trinajstić information content (AvgIpc) is 2.11. The molecule has 0 aliphatic heterocycles. The number of aliphatic imine (C=N–C) groups is 1. The molecule has 0 bridgehead atoms. The number of hydrogen-bond donors (Lipinski definition) is 1. The molecule has 0 aromatic carbocycles. The summed E-state index contributed by atoms with van der Waals surface area (Å²) in [5.74, 6) is 1.15. The van der Waals surface area contributed by atoms with E-state index in [1.165, 1.54) is 0 Å². The van der Waals surface area contributed by atoms with Gasteiger partial charge in [0.2, 0.25) is 0 Å². The Balaban J connectivity index is 3.60. The molecular formula is C11H25N3. The second-order valence-electron chi connectivity index (χ2n) is 4.39. The zero-order valence-electron chi connectivity index (χ0n) is 10.2. The fourth-order valence-corrected chi connectivity index (χ4v) is 0.969. The fourth-order valence-electron chi connectivity index (χ4n) is 0.969. The molecule has 0 spiro atoms. The highest BCUT2D eigenvalue weighted by Crippen LogP contribution is 1.96. The van der Waals surface area contributed by atoms with Crippen molar-refractivity contribution in [3.8, 4) is 0 Å². The van der Waals surface area contributed by atoms with Crippen molar-refractivity contribution in [3.63, 3.8) is 0 Å². The first-order valence-electron chi connectivity index (χ1n) is 5.45. The van der Waals surface area contributed by atoms with Crippen LogP contribution in [0.4, 0.5) is 0 Å². The van der Waals surface area contributed by atoms with E-state index in [1.54, 1.807) is 0 Å². The number of rotatable bonds is 6. The largest absolute Gasteiger partial charge is 0.387 e. The Bertz CT molecular complexity index is 173. The summed E-state index contributed by atoms with van der Waals surface area (Å²) in [7, 11) is 2.14. The number of nitrogens with zero attached hydrogens (tertiary/aromatic N) is 2. The molecule has 84 valence electrons. The standard InChI is InChI=1S/C11H25N3/c1-9(2)11(12)13-7-6-8-14(5)10(3)4/h9-10H,6-8H2,1-5H3,(H2,12,13). The molecule has 0 saturated carbocycles. The van der Waals surface area contributed by atoms with Gasteiger partial charge in [0.05, 0.1) is 5.84 Å². The lowest BCUT2D eigenvalue weighted by Crippen LogP contribution is -2.28. The van der Waals surface area contributed by atoms with Gasteiger partial charge in [-0.1, -0.05) is 13.8 Å². The van der Waals surface area contributed by atoms with Crippen LogP contribution in [0.3, 0.4) is 0 Å². The van der Waals surface area contributed by atoms with Crippen molar-refractivity contribution in [2.24, 2.45) is 16.6 Å². The maximum atomic E-state index is 5.73. The summed E-state index contributed by atoms with van der Waals surface area (Å²) in [5.41, 5.74) is 5.73. The van der Waals surface area contributed by atoms with Gasteiger partial charge in [0.25, 0.3) is 0 Å². The molecule has 3 heteroatoms. The van der Waals surface area contributed by atoms with Crippen LogP contribution < -0.4 is 5.73 Å². The van der Waals surface area contributed by atoms with Gasteiger partial charge in [-0.15, -0.1) is 0 Å². The molecule has 3 nitrogen and oxygen atoms in total. The summed E-state index contributed by atoms with van der Waals surface area (Å²) in [6.07, 6.45) is 1.09. The molecule has 0 unspecified atom stereocenters. The smallest absolute Gasteiger partial charge is 0.0962 e. The van der Waals surface area contributed by atoms with Crippen LogP contribution in [0.25, 0.3) is 0 Å². The van der Waals surface area contributed by atoms with Crippen LogP contribution in [0.1, 0.15) is 34.1 Å². The second kappa shape index (κ2) is 6.82. The molecule has 0 atom stereocenters. The third-order valence-electron chi connectivity index (χ3n) is 2.44. The highest BCUT2D eigenvalue weighted by atomic mass is 15.1. The minimum absolute atomic E-state index is 0.373. The Labute approximate surface area is 88.4 Å². The van der Waals surface area contributed by atoms with Gasteiger partial charge >= 0.3 is 0 Å². The van der Waals surface area contributed by atoms with Crippen LogP contribution in [0.15, 0.2) is 4.99 Å². The Hall–Kier alpha value is -0.570. The molecule has 14 heavy (non-hydrogen) atoms. The second-order valence-corrected chi connectivity index (χ2v) is 4.39. The lowest BCUT2D eigenvalue weighted by molar-refractivity contribution is 0.272. The van der Waals surface area contributed by atoms with Gasteiger partial charge in [-0.25, -0.2) is 0 Å². The van der Waals surface area contributed by atoms with E-state index in [1.807, 2.05) is 0 Å². The molecule has 0 rings (SSSR count). The van der Waals surface area contributed by atoms with Crippen molar-refractivity contribution in [1.29, 1.82) is 0 Å². The highest BCUT2D eigenvalue weighted by molar-refractivity contribution is 5.82. The van der Waals surface area contributed by atoms with E-state index in [2.05, 4.69) is 44.6 Å². The minimum Gasteiger partial charge on any atom is -0.387 e. The molecule has 0 amide bonds. The molecule has 0 aliphatic rings. The molecule has 0 saturated heterocycles. The Morgan fingerprint density at radius 2 is 1.86 bits per heavy atom. The van der Waals surface area contributed by atoms with Crippen molar-refractivity contribution >= 4 is 5.84 Å². The lowest BCUT2D eigenvalue weighted by atomic mass is 10.2. The molecular weight excluding hydrogens is 174 g/mol. The van der Waals surface area contributed by atoms with E-state index in [-0.39, 0.29) is 0 Å². The number of hydrogen-bond acceptors (Lipinski definition) is 2. The zero-order chi connectivity index (χ0) is 11.1. The van der Waals surface area contributed by atoms with Crippen molar-refractivity contribution in [2.75, 3.05) is 20.1 Å². The first-order valence-corrected chi connectivity index (χ1v) is 5.45. The lowest BCUT2D eigenvalue weighted by Gasteiger charge is -2.20. The first kappa shape index (κ1) is 13.4. The molecule has 0 radical (unpaired) electrons. The van der Waals surface area contributed by atoms with E-state index in [0.29, 0.717) is 12.0 Å². The number of nitrogens with two attached hydrogens (primary N) is 1. The summed E-state index contributed by atoms with van der Waals surface area (Å²) in [6, 6.07) is 0.612. The maximum Gasteiger partial charge on any atom is 0.0962 e. The van der Waals surface area contributed by atoms with Gasteiger partial charge in [0.15, 0.2) is 0 Å². The van der Waals surface area contributed by atoms with E-state index < -0.39 is 0 Å². The topological polar surface area (TPSA) is 41.6 Å². The van der Waals surface area contributed by atoms with Crippen LogP contribution in [-0.2, 0) is 0 Å². The van der Waals surface area contributed by atoms with E-state index in [4.69, 9.17) is 5.73 Å². The van der Waals surface area contributed by atoms with E-state index in [0.717, 1.165) is 25.3 Å². The maximum absolute atomic E-state index is 5.73. The normalized spacial score (nSPS) is 13.3. The van der Waals surface area contributed by atoms with Crippen molar-refractivity contribution in [3.05, 3.63) is 0 Å². The zero-order valence-corrected chi connectivity index (χ0v) is 10.2. The minimum atomic E-state index is 0.373. The molecule has 0 aromatic heterocycles. The number of amidine groups is 1. The van der Waals surface area contributed by atoms with Gasteiger partial charge in [-0.2, -0.15) is 0 Å². The highest BCUT2D eigenvalue weighted by Gasteiger charge is 2.02. The van der Waals surface area contributed by atoms with Crippen LogP contribution in [0.5, 0.6) is 0 Å². The third-order valence-corrected chi connectivity index (χ3v) is 2.44. The summed E-state index contributed by atoms with van der Waals surface area (Å²) >= 11 is 0. The molecule has 2 N–H and O–H groups in total. The summed E-state index contributed by atoms with van der Waals surface area (Å²) in [6.45, 7) is 10.5. The van der Waals surface area contributed by atoms with Crippen molar-refractivity contribution in [1.82, 2.24) is 4.90 Å². The summed E-state index contributed by atoms with van der Waals surface area (Å²) < 4.78 is 0. The van der Waals surface area contributed by atoms with Crippen LogP contribution >= 0.6 is 0 Å². The molecule has 0 heterocycles. The first-order chi connectivity index (χ1) is 6.45. The fraction of sp³-hybridized carbons (Fsp3) is 0.909. The van der Waals surface area contributed by atoms with Gasteiger partial charge in [0.1, 0.15) is 0 Å². The van der Waals surface area contributed by atoms with Crippen LogP contribution in [0, 0.1) is 5.92 Å². The molecule has 0 fully saturated rings. The predicted octanol–water partition coefficient (Wildman–Crippen LogP) is 1.73. The van der Waals surface area contributed by atoms with Crippen LogP contribution in [-0.4, -0.2) is 36.9 Å². The summed E-state index contributed by atoms with van der Waals surface area (Å²) in [5, 5.41) is 0. The van der Waals surface area contributed by atoms with Gasteiger partial charge in [-0.3, -0.25) is 4.99 Å². The van der Waals surface area contributed by atoms with E-state index >= 15 is 0 Å². The van der Waals surface area contributed by atoms with Crippen molar-refractivity contribution in [2.45, 2.75) is 40.2 Å². The SMILES string of the molecule is CC(C)C(N)=NCCCN(C)C(C)C. The quantitative estimate of drug-likeness (QED) is 0.402. The van der Waals surface area contributed by atoms with Gasteiger partial charge < -0.3 is 10.6 Å². The Morgan fingerprint density at radius 3 is 2.29 bits per heavy atom. The molecule has 0 aliphatic carbocycles. The Kier molecular flexibility index (Phi) is 6.54. The van der Waals surface area contributed by atoms with E-state index in [9.17, 15) is 0 Å². The van der Waals surface area contributed by atoms with Crippen LogP contribution in [0.2, 0.25) is 0 Å². The van der Waals surface area contributed by atoms with Crippen molar-refractivity contribution < 1.29 is 0 Å². The third kappa shape index (κ3) is 5.97. The van der Waals surface area contributed by atoms with Gasteiger partial charge in [-0.05, 0) is 33.9 Å². The predicted molar refractivity (Wildman–Crippen MR) is 63.7 cm³/mol. The Morgan fingerprint density at radius 1 is 1.29 bits per heavy atom. The monoisotopic (exact) mass is 199 g/mol. The van der Waals surface area contributed by atoms with Gasteiger partial charge in [0, 0.05) is 18.5 Å². The molecule has 0 aromatic rings. The average molecular weight is 199 g/mol. The summed E-state index contributed by atoms with van der Waals surface area (Å²) in [4.78, 5) is 6.64.